The molecule has 2 heterocycles. The summed E-state index contributed by atoms with van der Waals surface area (Å²) in [5, 5.41) is 0.498. The molecular formula is C15H11N3O. The van der Waals surface area contributed by atoms with E-state index < -0.39 is 0 Å². The minimum atomic E-state index is -0.174. The van der Waals surface area contributed by atoms with Crippen LogP contribution in [-0.2, 0) is 0 Å². The Bertz CT molecular complexity index is 791. The first kappa shape index (κ1) is 11.3. The summed E-state index contributed by atoms with van der Waals surface area (Å²) in [4.78, 5) is 22.4. The average molecular weight is 249 g/mol. The number of nitrogens with zero attached hydrogens (tertiary/aromatic N) is 2. The highest BCUT2D eigenvalue weighted by Crippen LogP contribution is 2.10. The van der Waals surface area contributed by atoms with Crippen molar-refractivity contribution in [3.05, 3.63) is 70.4 Å². The topological polar surface area (TPSA) is 58.6 Å². The maximum atomic E-state index is 11.6. The van der Waals surface area contributed by atoms with Crippen molar-refractivity contribution >= 4 is 23.2 Å². The zero-order valence-corrected chi connectivity index (χ0v) is 10.1. The lowest BCUT2D eigenvalue weighted by molar-refractivity contribution is 1.14. The van der Waals surface area contributed by atoms with Crippen molar-refractivity contribution < 1.29 is 0 Å². The van der Waals surface area contributed by atoms with Crippen LogP contribution in [0, 0.1) is 0 Å². The average Bonchev–Trinajstić information content (AvgIpc) is 2.47. The number of benzene rings is 1. The van der Waals surface area contributed by atoms with Crippen LogP contribution in [0.4, 0.5) is 0 Å². The normalized spacial score (nSPS) is 11.2. The van der Waals surface area contributed by atoms with Gasteiger partial charge in [-0.25, -0.2) is 9.97 Å². The van der Waals surface area contributed by atoms with Gasteiger partial charge in [-0.15, -0.1) is 0 Å². The molecule has 0 bridgehead atoms. The zero-order chi connectivity index (χ0) is 13.1. The first-order chi connectivity index (χ1) is 9.33. The number of rotatable bonds is 2. The van der Waals surface area contributed by atoms with E-state index in [-0.39, 0.29) is 5.56 Å². The Morgan fingerprint density at radius 3 is 2.63 bits per heavy atom. The van der Waals surface area contributed by atoms with Gasteiger partial charge in [0.15, 0.2) is 5.65 Å². The van der Waals surface area contributed by atoms with Gasteiger partial charge in [-0.2, -0.15) is 0 Å². The van der Waals surface area contributed by atoms with Gasteiger partial charge in [0.25, 0.3) is 5.56 Å². The smallest absolute Gasteiger partial charge is 0.260 e. The largest absolute Gasteiger partial charge is 0.313 e. The van der Waals surface area contributed by atoms with E-state index >= 15 is 0 Å². The van der Waals surface area contributed by atoms with E-state index in [1.54, 1.807) is 12.3 Å². The molecule has 0 amide bonds. The van der Waals surface area contributed by atoms with Crippen molar-refractivity contribution in [1.29, 1.82) is 0 Å². The molecule has 3 aromatic rings. The fraction of sp³-hybridized carbons (Fsp3) is 0. The number of fused-ring (bicyclic) bond motifs is 1. The van der Waals surface area contributed by atoms with E-state index in [0.29, 0.717) is 11.0 Å². The predicted octanol–water partition coefficient (Wildman–Crippen LogP) is 2.49. The third-order valence-corrected chi connectivity index (χ3v) is 2.78. The minimum absolute atomic E-state index is 0.174. The molecule has 0 saturated carbocycles. The van der Waals surface area contributed by atoms with Crippen LogP contribution in [0.25, 0.3) is 23.2 Å². The number of hydrogen-bond acceptors (Lipinski definition) is 3. The fourth-order valence-electron chi connectivity index (χ4n) is 1.82. The summed E-state index contributed by atoms with van der Waals surface area (Å²) in [5.41, 5.74) is 2.26. The summed E-state index contributed by atoms with van der Waals surface area (Å²) < 4.78 is 0. The van der Waals surface area contributed by atoms with E-state index in [1.807, 2.05) is 42.5 Å². The molecule has 1 aromatic carbocycles. The summed E-state index contributed by atoms with van der Waals surface area (Å²) in [6, 6.07) is 11.7. The van der Waals surface area contributed by atoms with E-state index in [1.165, 1.54) is 6.33 Å². The molecule has 0 atom stereocenters. The molecule has 19 heavy (non-hydrogen) atoms. The van der Waals surface area contributed by atoms with E-state index in [4.69, 9.17) is 0 Å². The van der Waals surface area contributed by atoms with Gasteiger partial charge in [-0.1, -0.05) is 42.5 Å². The first-order valence-corrected chi connectivity index (χ1v) is 5.89. The summed E-state index contributed by atoms with van der Waals surface area (Å²) in [5.74, 6) is 0. The van der Waals surface area contributed by atoms with Gasteiger partial charge in [0.05, 0.1) is 11.7 Å². The molecule has 0 saturated heterocycles. The molecule has 2 aromatic heterocycles. The quantitative estimate of drug-likeness (QED) is 0.759. The van der Waals surface area contributed by atoms with Gasteiger partial charge in [-0.05, 0) is 17.2 Å². The van der Waals surface area contributed by atoms with Crippen LogP contribution in [0.15, 0.2) is 53.7 Å². The second-order valence-electron chi connectivity index (χ2n) is 4.12. The Kier molecular flexibility index (Phi) is 2.90. The SMILES string of the molecule is O=c1[nH]cnc2ncc(/C=C/c3ccccc3)cc12. The second-order valence-corrected chi connectivity index (χ2v) is 4.12. The molecule has 1 N–H and O–H groups in total. The van der Waals surface area contributed by atoms with Gasteiger partial charge >= 0.3 is 0 Å². The van der Waals surface area contributed by atoms with Crippen LogP contribution >= 0.6 is 0 Å². The van der Waals surface area contributed by atoms with Gasteiger partial charge in [-0.3, -0.25) is 4.79 Å². The minimum Gasteiger partial charge on any atom is -0.313 e. The van der Waals surface area contributed by atoms with E-state index in [2.05, 4.69) is 15.0 Å². The van der Waals surface area contributed by atoms with Crippen LogP contribution < -0.4 is 5.56 Å². The number of aromatic nitrogens is 3. The molecule has 0 unspecified atom stereocenters. The van der Waals surface area contributed by atoms with Crippen LogP contribution in [0.3, 0.4) is 0 Å². The lowest BCUT2D eigenvalue weighted by Gasteiger charge is -1.97. The van der Waals surface area contributed by atoms with E-state index in [9.17, 15) is 4.79 Å². The Labute approximate surface area is 109 Å². The number of H-pyrrole nitrogens is 1. The molecule has 3 rings (SSSR count). The molecule has 0 fully saturated rings. The predicted molar refractivity (Wildman–Crippen MR) is 75.5 cm³/mol. The Morgan fingerprint density at radius 1 is 1.00 bits per heavy atom. The lowest BCUT2D eigenvalue weighted by Crippen LogP contribution is -2.07. The molecule has 4 nitrogen and oxygen atoms in total. The van der Waals surface area contributed by atoms with Crippen molar-refractivity contribution in [2.75, 3.05) is 0 Å². The molecule has 0 spiro atoms. The van der Waals surface area contributed by atoms with Gasteiger partial charge in [0.2, 0.25) is 0 Å². The highest BCUT2D eigenvalue weighted by Gasteiger charge is 2.00. The van der Waals surface area contributed by atoms with Crippen molar-refractivity contribution in [2.45, 2.75) is 0 Å². The fourth-order valence-corrected chi connectivity index (χ4v) is 1.82. The van der Waals surface area contributed by atoms with Crippen LogP contribution in [0.2, 0.25) is 0 Å². The van der Waals surface area contributed by atoms with Crippen LogP contribution in [0.5, 0.6) is 0 Å². The number of pyridine rings is 1. The highest BCUT2D eigenvalue weighted by atomic mass is 16.1. The molecule has 0 aliphatic rings. The second kappa shape index (κ2) is 4.86. The maximum Gasteiger partial charge on any atom is 0.260 e. The maximum absolute atomic E-state index is 11.6. The van der Waals surface area contributed by atoms with Gasteiger partial charge < -0.3 is 4.98 Å². The number of nitrogens with one attached hydrogen (secondary N) is 1. The molecule has 0 aliphatic carbocycles. The third kappa shape index (κ3) is 2.42. The first-order valence-electron chi connectivity index (χ1n) is 5.89. The van der Waals surface area contributed by atoms with Crippen molar-refractivity contribution in [3.63, 3.8) is 0 Å². The summed E-state index contributed by atoms with van der Waals surface area (Å²) in [7, 11) is 0. The zero-order valence-electron chi connectivity index (χ0n) is 10.1. The van der Waals surface area contributed by atoms with Crippen molar-refractivity contribution in [2.24, 2.45) is 0 Å². The van der Waals surface area contributed by atoms with Gasteiger partial charge in [0.1, 0.15) is 0 Å². The van der Waals surface area contributed by atoms with Crippen molar-refractivity contribution in [1.82, 2.24) is 15.0 Å². The van der Waals surface area contributed by atoms with Crippen molar-refractivity contribution in [3.8, 4) is 0 Å². The Hall–Kier alpha value is -2.75. The summed E-state index contributed by atoms with van der Waals surface area (Å²) in [6.45, 7) is 0. The van der Waals surface area contributed by atoms with Gasteiger partial charge in [0, 0.05) is 6.20 Å². The lowest BCUT2D eigenvalue weighted by atomic mass is 10.1. The van der Waals surface area contributed by atoms with E-state index in [0.717, 1.165) is 11.1 Å². The molecule has 0 radical (unpaired) electrons. The summed E-state index contributed by atoms with van der Waals surface area (Å²) in [6.07, 6.45) is 6.97. The number of hydrogen-bond donors (Lipinski definition) is 1. The highest BCUT2D eigenvalue weighted by molar-refractivity contribution is 5.78. The standard InChI is InChI=1S/C15H11N3O/c19-15-13-8-12(9-16-14(13)17-10-18-15)7-6-11-4-2-1-3-5-11/h1-10H,(H,16,17,18,19)/b7-6+. The number of aromatic amines is 1. The summed E-state index contributed by atoms with van der Waals surface area (Å²) >= 11 is 0. The van der Waals surface area contributed by atoms with Crippen LogP contribution in [-0.4, -0.2) is 15.0 Å². The van der Waals surface area contributed by atoms with Crippen LogP contribution in [0.1, 0.15) is 11.1 Å². The molecule has 4 heteroatoms. The Balaban J connectivity index is 2.00. The molecule has 92 valence electrons. The molecule has 0 aliphatic heterocycles. The monoisotopic (exact) mass is 249 g/mol. The third-order valence-electron chi connectivity index (χ3n) is 2.78. The Morgan fingerprint density at radius 2 is 1.79 bits per heavy atom. The molecular weight excluding hydrogens is 238 g/mol.